The third-order valence-corrected chi connectivity index (χ3v) is 6.12. The first-order valence-electron chi connectivity index (χ1n) is 9.79. The summed E-state index contributed by atoms with van der Waals surface area (Å²) in [5.74, 6) is 1.12. The summed E-state index contributed by atoms with van der Waals surface area (Å²) in [6.45, 7) is 10.4. The van der Waals surface area contributed by atoms with Crippen LogP contribution in [0.1, 0.15) is 37.1 Å². The van der Waals surface area contributed by atoms with E-state index in [-0.39, 0.29) is 5.91 Å². The Morgan fingerprint density at radius 2 is 2.27 bits per heavy atom. The fourth-order valence-electron chi connectivity index (χ4n) is 3.64. The molecule has 2 aliphatic heterocycles. The van der Waals surface area contributed by atoms with E-state index in [9.17, 15) is 4.79 Å². The number of nitrogens with zero attached hydrogens (tertiary/aromatic N) is 3. The lowest BCUT2D eigenvalue weighted by Gasteiger charge is -2.26. The van der Waals surface area contributed by atoms with E-state index in [2.05, 4.69) is 33.9 Å². The molecular formula is C19H31N5OS. The van der Waals surface area contributed by atoms with Crippen LogP contribution >= 0.6 is 11.3 Å². The van der Waals surface area contributed by atoms with Crippen molar-refractivity contribution in [1.29, 1.82) is 0 Å². The van der Waals surface area contributed by atoms with Crippen molar-refractivity contribution in [2.75, 3.05) is 39.3 Å². The predicted molar refractivity (Wildman–Crippen MR) is 108 cm³/mol. The lowest BCUT2D eigenvalue weighted by molar-refractivity contribution is -0.129. The normalized spacial score (nSPS) is 20.9. The van der Waals surface area contributed by atoms with Crippen molar-refractivity contribution >= 4 is 23.2 Å². The second kappa shape index (κ2) is 9.37. The van der Waals surface area contributed by atoms with E-state index in [1.807, 2.05) is 23.2 Å². The molecule has 1 aromatic heterocycles. The van der Waals surface area contributed by atoms with Gasteiger partial charge < -0.3 is 15.5 Å². The van der Waals surface area contributed by atoms with Crippen molar-refractivity contribution in [3.8, 4) is 0 Å². The topological polar surface area (TPSA) is 60.0 Å². The standard InChI is InChI=1S/C19H31N5OS/c1-3-18(25)24-10-5-16(14-24)22-19(20-4-2)21-8-11-23-9-6-17-15(13-23)7-12-26-17/h7,12,16H,3-6,8-11,13-14H2,1-2H3,(H2,20,21,22). The number of hydrogen-bond acceptors (Lipinski definition) is 4. The Morgan fingerprint density at radius 1 is 1.38 bits per heavy atom. The van der Waals surface area contributed by atoms with Crippen molar-refractivity contribution < 1.29 is 4.79 Å². The van der Waals surface area contributed by atoms with Crippen molar-refractivity contribution in [1.82, 2.24) is 20.4 Å². The maximum Gasteiger partial charge on any atom is 0.222 e. The number of carbonyl (C=O) groups excluding carboxylic acids is 1. The van der Waals surface area contributed by atoms with Crippen molar-refractivity contribution in [3.05, 3.63) is 21.9 Å². The number of carbonyl (C=O) groups is 1. The highest BCUT2D eigenvalue weighted by atomic mass is 32.1. The molecule has 0 spiro atoms. The Bertz CT molecular complexity index is 629. The van der Waals surface area contributed by atoms with Gasteiger partial charge in [0, 0.05) is 56.6 Å². The highest BCUT2D eigenvalue weighted by Crippen LogP contribution is 2.23. The molecular weight excluding hydrogens is 346 g/mol. The highest BCUT2D eigenvalue weighted by molar-refractivity contribution is 7.10. The molecule has 0 aromatic carbocycles. The van der Waals surface area contributed by atoms with Crippen LogP contribution in [0.3, 0.4) is 0 Å². The van der Waals surface area contributed by atoms with Gasteiger partial charge in [-0.2, -0.15) is 0 Å². The summed E-state index contributed by atoms with van der Waals surface area (Å²) in [6, 6.07) is 2.55. The highest BCUT2D eigenvalue weighted by Gasteiger charge is 2.25. The average molecular weight is 378 g/mol. The lowest BCUT2D eigenvalue weighted by atomic mass is 10.1. The molecule has 3 rings (SSSR count). The largest absolute Gasteiger partial charge is 0.357 e. The van der Waals surface area contributed by atoms with Gasteiger partial charge in [0.2, 0.25) is 5.91 Å². The van der Waals surface area contributed by atoms with Gasteiger partial charge in [-0.25, -0.2) is 0 Å². The second-order valence-corrected chi connectivity index (χ2v) is 7.98. The second-order valence-electron chi connectivity index (χ2n) is 6.98. The Labute approximate surface area is 160 Å². The molecule has 2 N–H and O–H groups in total. The number of thiophene rings is 1. The molecule has 1 saturated heterocycles. The SMILES string of the molecule is CCNC(=NCCN1CCc2sccc2C1)NC1CCN(C(=O)CC)C1. The smallest absolute Gasteiger partial charge is 0.222 e. The van der Waals surface area contributed by atoms with Crippen LogP contribution < -0.4 is 10.6 Å². The molecule has 1 amide bonds. The first-order valence-corrected chi connectivity index (χ1v) is 10.7. The third kappa shape index (κ3) is 4.98. The minimum atomic E-state index is 0.245. The Kier molecular flexibility index (Phi) is 6.91. The molecule has 2 aliphatic rings. The molecule has 144 valence electrons. The fraction of sp³-hybridized carbons (Fsp3) is 0.684. The fourth-order valence-corrected chi connectivity index (χ4v) is 4.53. The summed E-state index contributed by atoms with van der Waals surface area (Å²) < 4.78 is 0. The molecule has 1 atom stereocenters. The van der Waals surface area contributed by atoms with Crippen LogP contribution in [0.15, 0.2) is 16.4 Å². The molecule has 1 unspecified atom stereocenters. The van der Waals surface area contributed by atoms with Gasteiger partial charge in [-0.05, 0) is 36.8 Å². The van der Waals surface area contributed by atoms with Crippen LogP contribution in [0, 0.1) is 0 Å². The van der Waals surface area contributed by atoms with Gasteiger partial charge in [-0.1, -0.05) is 6.92 Å². The summed E-state index contributed by atoms with van der Waals surface area (Å²) >= 11 is 1.88. The van der Waals surface area contributed by atoms with Crippen LogP contribution in [-0.4, -0.2) is 67.0 Å². The lowest BCUT2D eigenvalue weighted by Crippen LogP contribution is -2.45. The van der Waals surface area contributed by atoms with Gasteiger partial charge in [0.1, 0.15) is 0 Å². The van der Waals surface area contributed by atoms with E-state index < -0.39 is 0 Å². The van der Waals surface area contributed by atoms with Gasteiger partial charge in [0.25, 0.3) is 0 Å². The molecule has 0 radical (unpaired) electrons. The van der Waals surface area contributed by atoms with Gasteiger partial charge in [0.05, 0.1) is 6.54 Å². The molecule has 1 fully saturated rings. The number of nitrogens with one attached hydrogen (secondary N) is 2. The van der Waals surface area contributed by atoms with Gasteiger partial charge in [-0.3, -0.25) is 14.7 Å². The van der Waals surface area contributed by atoms with E-state index >= 15 is 0 Å². The quantitative estimate of drug-likeness (QED) is 0.585. The van der Waals surface area contributed by atoms with Gasteiger partial charge >= 0.3 is 0 Å². The summed E-state index contributed by atoms with van der Waals surface area (Å²) in [5.41, 5.74) is 1.49. The summed E-state index contributed by atoms with van der Waals surface area (Å²) in [6.07, 6.45) is 2.74. The summed E-state index contributed by atoms with van der Waals surface area (Å²) in [4.78, 5) is 22.6. The molecule has 7 heteroatoms. The number of hydrogen-bond donors (Lipinski definition) is 2. The van der Waals surface area contributed by atoms with Crippen LogP contribution in [0.25, 0.3) is 0 Å². The van der Waals surface area contributed by atoms with Crippen LogP contribution in [-0.2, 0) is 17.8 Å². The minimum Gasteiger partial charge on any atom is -0.357 e. The Hall–Kier alpha value is -1.60. The Morgan fingerprint density at radius 3 is 3.08 bits per heavy atom. The van der Waals surface area contributed by atoms with E-state index in [0.29, 0.717) is 12.5 Å². The van der Waals surface area contributed by atoms with Crippen molar-refractivity contribution in [2.45, 2.75) is 45.7 Å². The number of aliphatic imine (C=N–C) groups is 1. The first-order chi connectivity index (χ1) is 12.7. The van der Waals surface area contributed by atoms with E-state index in [0.717, 1.165) is 58.2 Å². The van der Waals surface area contributed by atoms with Gasteiger partial charge in [0.15, 0.2) is 5.96 Å². The zero-order chi connectivity index (χ0) is 18.4. The molecule has 6 nitrogen and oxygen atoms in total. The molecule has 1 aromatic rings. The minimum absolute atomic E-state index is 0.245. The Balaban J connectivity index is 1.46. The van der Waals surface area contributed by atoms with Crippen LogP contribution in [0.5, 0.6) is 0 Å². The maximum atomic E-state index is 11.8. The van der Waals surface area contributed by atoms with E-state index in [1.54, 1.807) is 4.88 Å². The predicted octanol–water partition coefficient (Wildman–Crippen LogP) is 1.67. The molecule has 3 heterocycles. The summed E-state index contributed by atoms with van der Waals surface area (Å²) in [7, 11) is 0. The third-order valence-electron chi connectivity index (χ3n) is 5.10. The number of guanidine groups is 1. The van der Waals surface area contributed by atoms with Crippen LogP contribution in [0.4, 0.5) is 0 Å². The van der Waals surface area contributed by atoms with E-state index in [4.69, 9.17) is 4.99 Å². The van der Waals surface area contributed by atoms with Gasteiger partial charge in [-0.15, -0.1) is 11.3 Å². The van der Waals surface area contributed by atoms with Crippen LogP contribution in [0.2, 0.25) is 0 Å². The van der Waals surface area contributed by atoms with Crippen molar-refractivity contribution in [3.63, 3.8) is 0 Å². The molecule has 0 bridgehead atoms. The molecule has 0 saturated carbocycles. The molecule has 26 heavy (non-hydrogen) atoms. The average Bonchev–Trinajstić information content (AvgIpc) is 3.30. The monoisotopic (exact) mass is 377 g/mol. The zero-order valence-electron chi connectivity index (χ0n) is 16.0. The van der Waals surface area contributed by atoms with Crippen molar-refractivity contribution in [2.24, 2.45) is 4.99 Å². The number of fused-ring (bicyclic) bond motifs is 1. The summed E-state index contributed by atoms with van der Waals surface area (Å²) in [5, 5.41) is 9.04. The first kappa shape index (κ1) is 19.2. The maximum absolute atomic E-state index is 11.8. The number of likely N-dealkylation sites (tertiary alicyclic amines) is 1. The molecule has 0 aliphatic carbocycles. The number of rotatable bonds is 6. The zero-order valence-corrected chi connectivity index (χ0v) is 16.8. The number of amides is 1. The van der Waals surface area contributed by atoms with E-state index in [1.165, 1.54) is 12.0 Å².